The lowest BCUT2D eigenvalue weighted by atomic mass is 9.79. The summed E-state index contributed by atoms with van der Waals surface area (Å²) in [4.78, 5) is 23.1. The first-order valence-electron chi connectivity index (χ1n) is 18.3. The molecule has 2 N–H and O–H groups in total. The SMILES string of the molecule is Cc1nc2c(F)c(-c3cccc(Cl)c3Cl)c(CCC#N)cc2c2c1cc([C@@H](C)N1CCCN(c3cccc(C4(O)COC4)c3)C1=O)n2[C@H]1[C@H]2CN[C@@H]1C2. The third-order valence-electron chi connectivity index (χ3n) is 12.0. The van der Waals surface area contributed by atoms with Crippen molar-refractivity contribution < 1.29 is 19.0 Å². The molecular formula is C41H39Cl2FN6O3. The number of anilines is 1. The van der Waals surface area contributed by atoms with Crippen molar-refractivity contribution in [3.63, 3.8) is 0 Å². The number of hydrogen-bond donors (Lipinski definition) is 2. The molecule has 10 rings (SSSR count). The van der Waals surface area contributed by atoms with Crippen LogP contribution in [0.15, 0.2) is 54.6 Å². The van der Waals surface area contributed by atoms with Crippen LogP contribution < -0.4 is 10.2 Å². The molecule has 1 saturated carbocycles. The zero-order valence-electron chi connectivity index (χ0n) is 29.5. The van der Waals surface area contributed by atoms with E-state index < -0.39 is 11.4 Å². The van der Waals surface area contributed by atoms with Crippen molar-refractivity contribution in [2.75, 3.05) is 37.7 Å². The monoisotopic (exact) mass is 752 g/mol. The number of aromatic nitrogens is 2. The van der Waals surface area contributed by atoms with Crippen molar-refractivity contribution in [3.05, 3.63) is 93.0 Å². The molecule has 4 atom stereocenters. The van der Waals surface area contributed by atoms with E-state index in [4.69, 9.17) is 32.9 Å². The van der Waals surface area contributed by atoms with Gasteiger partial charge in [-0.15, -0.1) is 0 Å². The number of rotatable bonds is 8. The standard InChI is InChI=1S/C41H39Cl2FN6O3/c1-22-29-18-33(23(2)48-13-6-14-49(40(48)51)27-9-3-8-26(17-27)41(52)20-53-21-41)50(38-25-16-32(38)46-19-25)39(29)30-15-24(7-5-12-45)34(36(44)37(30)47-22)28-10-4-11-31(42)35(28)43/h3-4,8-11,15,17-18,23,25,32,38,46,52H,5-7,13-14,16,19-21H2,1-2H3/t23-,25-,32-,38+/m1/s1. The molecule has 0 unspecified atom stereocenters. The third-order valence-corrected chi connectivity index (χ3v) is 12.8. The van der Waals surface area contributed by atoms with E-state index in [9.17, 15) is 15.2 Å². The number of fused-ring (bicyclic) bond motifs is 4. The predicted octanol–water partition coefficient (Wildman–Crippen LogP) is 8.21. The number of carbonyl (C=O) groups is 1. The summed E-state index contributed by atoms with van der Waals surface area (Å²) in [7, 11) is 0. The molecule has 3 aromatic carbocycles. The van der Waals surface area contributed by atoms with Gasteiger partial charge in [-0.1, -0.05) is 47.5 Å². The topological polar surface area (TPSA) is 107 Å². The van der Waals surface area contributed by atoms with Crippen LogP contribution in [0.1, 0.15) is 60.8 Å². The van der Waals surface area contributed by atoms with Crippen molar-refractivity contribution >= 4 is 56.7 Å². The minimum atomic E-state index is -1.04. The summed E-state index contributed by atoms with van der Waals surface area (Å²) in [6.45, 7) is 6.50. The van der Waals surface area contributed by atoms with Crippen LogP contribution in [-0.4, -0.2) is 64.5 Å². The van der Waals surface area contributed by atoms with Crippen LogP contribution in [0.5, 0.6) is 0 Å². The van der Waals surface area contributed by atoms with Crippen LogP contribution in [0.3, 0.4) is 0 Å². The molecule has 5 aliphatic rings. The number of aryl methyl sites for hydroxylation is 2. The minimum Gasteiger partial charge on any atom is -0.380 e. The van der Waals surface area contributed by atoms with Gasteiger partial charge in [0.25, 0.3) is 0 Å². The van der Waals surface area contributed by atoms with E-state index in [0.717, 1.165) is 47.2 Å². The lowest BCUT2D eigenvalue weighted by molar-refractivity contribution is -0.184. The van der Waals surface area contributed by atoms with Gasteiger partial charge in [0.2, 0.25) is 0 Å². The summed E-state index contributed by atoms with van der Waals surface area (Å²) in [6.07, 6.45) is 2.35. The number of nitriles is 1. The normalized spacial score (nSPS) is 22.6. The van der Waals surface area contributed by atoms with Gasteiger partial charge in [-0.3, -0.25) is 4.90 Å². The number of aliphatic hydroxyl groups is 1. The van der Waals surface area contributed by atoms with E-state index in [2.05, 4.69) is 28.9 Å². The van der Waals surface area contributed by atoms with Gasteiger partial charge in [-0.25, -0.2) is 14.2 Å². The number of hydrogen-bond acceptors (Lipinski definition) is 6. The lowest BCUT2D eigenvalue weighted by Crippen LogP contribution is -2.51. The van der Waals surface area contributed by atoms with Crippen molar-refractivity contribution in [3.8, 4) is 17.2 Å². The summed E-state index contributed by atoms with van der Waals surface area (Å²) in [5.74, 6) is -0.0982. The maximum atomic E-state index is 17.1. The highest BCUT2D eigenvalue weighted by atomic mass is 35.5. The second kappa shape index (κ2) is 13.0. The second-order valence-electron chi connectivity index (χ2n) is 15.0. The van der Waals surface area contributed by atoms with Gasteiger partial charge in [-0.2, -0.15) is 5.26 Å². The Balaban J connectivity index is 1.20. The number of nitrogens with one attached hydrogen (secondary N) is 1. The summed E-state index contributed by atoms with van der Waals surface area (Å²) in [6, 6.07) is 19.1. The average molecular weight is 754 g/mol. The van der Waals surface area contributed by atoms with E-state index in [0.29, 0.717) is 58.2 Å². The second-order valence-corrected chi connectivity index (χ2v) is 15.8. The van der Waals surface area contributed by atoms with E-state index in [-0.39, 0.29) is 54.3 Å². The van der Waals surface area contributed by atoms with Crippen LogP contribution in [0, 0.1) is 30.0 Å². The largest absolute Gasteiger partial charge is 0.380 e. The Morgan fingerprint density at radius 3 is 2.68 bits per heavy atom. The Bertz CT molecular complexity index is 2360. The van der Waals surface area contributed by atoms with Gasteiger partial charge >= 0.3 is 6.03 Å². The van der Waals surface area contributed by atoms with Crippen molar-refractivity contribution in [1.29, 1.82) is 5.26 Å². The number of nitrogens with zero attached hydrogens (tertiary/aromatic N) is 5. The lowest BCUT2D eigenvalue weighted by Gasteiger charge is -2.42. The molecule has 53 heavy (non-hydrogen) atoms. The zero-order valence-corrected chi connectivity index (χ0v) is 31.0. The molecule has 2 aromatic heterocycles. The van der Waals surface area contributed by atoms with Crippen molar-refractivity contribution in [1.82, 2.24) is 19.8 Å². The molecule has 4 aliphatic heterocycles. The van der Waals surface area contributed by atoms with Gasteiger partial charge < -0.3 is 24.6 Å². The first-order valence-corrected chi connectivity index (χ1v) is 19.0. The third kappa shape index (κ3) is 5.35. The number of urea groups is 1. The maximum absolute atomic E-state index is 17.1. The van der Waals surface area contributed by atoms with Gasteiger partial charge in [0, 0.05) is 71.1 Å². The molecule has 2 bridgehead atoms. The number of carbonyl (C=O) groups excluding carboxylic acids is 1. The Morgan fingerprint density at radius 2 is 1.96 bits per heavy atom. The van der Waals surface area contributed by atoms with Crippen LogP contribution >= 0.6 is 23.2 Å². The van der Waals surface area contributed by atoms with E-state index in [1.807, 2.05) is 42.2 Å². The summed E-state index contributed by atoms with van der Waals surface area (Å²) in [5.41, 5.74) is 4.67. The highest BCUT2D eigenvalue weighted by molar-refractivity contribution is 6.43. The maximum Gasteiger partial charge on any atom is 0.325 e. The Morgan fingerprint density at radius 1 is 1.15 bits per heavy atom. The highest BCUT2D eigenvalue weighted by Crippen LogP contribution is 2.50. The molecule has 5 aromatic rings. The van der Waals surface area contributed by atoms with Gasteiger partial charge in [0.15, 0.2) is 5.82 Å². The average Bonchev–Trinajstić information content (AvgIpc) is 3.89. The quantitative estimate of drug-likeness (QED) is 0.166. The van der Waals surface area contributed by atoms with Gasteiger partial charge in [0.1, 0.15) is 11.1 Å². The van der Waals surface area contributed by atoms with E-state index in [1.54, 1.807) is 23.1 Å². The van der Waals surface area contributed by atoms with E-state index in [1.165, 1.54) is 0 Å². The van der Waals surface area contributed by atoms with Crippen LogP contribution in [0.25, 0.3) is 32.9 Å². The highest BCUT2D eigenvalue weighted by Gasteiger charge is 2.49. The first kappa shape index (κ1) is 34.5. The molecule has 4 saturated heterocycles. The minimum absolute atomic E-state index is 0.100. The van der Waals surface area contributed by atoms with Crippen LogP contribution in [0.4, 0.5) is 14.9 Å². The summed E-state index contributed by atoms with van der Waals surface area (Å²) in [5, 5.41) is 26.4. The van der Waals surface area contributed by atoms with Crippen LogP contribution in [0.2, 0.25) is 10.0 Å². The molecule has 9 nitrogen and oxygen atoms in total. The zero-order chi connectivity index (χ0) is 36.8. The van der Waals surface area contributed by atoms with Crippen molar-refractivity contribution in [2.45, 2.75) is 63.3 Å². The Hall–Kier alpha value is -4.24. The first-order chi connectivity index (χ1) is 25.6. The van der Waals surface area contributed by atoms with Crippen molar-refractivity contribution in [2.24, 2.45) is 5.92 Å². The Labute approximate surface area is 316 Å². The van der Waals surface area contributed by atoms with Gasteiger partial charge in [0.05, 0.1) is 46.9 Å². The molecule has 272 valence electrons. The number of benzene rings is 3. The number of amides is 2. The molecule has 2 amide bonds. The molecule has 0 spiro atoms. The fourth-order valence-electron chi connectivity index (χ4n) is 9.09. The molecule has 6 heterocycles. The molecule has 12 heteroatoms. The fourth-order valence-corrected chi connectivity index (χ4v) is 9.49. The van der Waals surface area contributed by atoms with Crippen LogP contribution in [-0.2, 0) is 16.8 Å². The number of ether oxygens (including phenoxy) is 1. The Kier molecular flexibility index (Phi) is 8.44. The van der Waals surface area contributed by atoms with Gasteiger partial charge in [-0.05, 0) is 80.5 Å². The molecule has 5 fully saturated rings. The predicted molar refractivity (Wildman–Crippen MR) is 204 cm³/mol. The molecular weight excluding hydrogens is 714 g/mol. The number of pyridine rings is 1. The summed E-state index contributed by atoms with van der Waals surface area (Å²) < 4.78 is 24.8. The smallest absolute Gasteiger partial charge is 0.325 e. The van der Waals surface area contributed by atoms with E-state index >= 15 is 4.39 Å². The molecule has 0 radical (unpaired) electrons. The number of halogens is 3. The summed E-state index contributed by atoms with van der Waals surface area (Å²) >= 11 is 13.1. The fraction of sp³-hybridized carbons (Fsp3) is 0.390. The molecule has 1 aliphatic carbocycles.